The van der Waals surface area contributed by atoms with Crippen molar-refractivity contribution in [2.75, 3.05) is 0 Å². The van der Waals surface area contributed by atoms with Gasteiger partial charge in [-0.1, -0.05) is 0 Å². The predicted octanol–water partition coefficient (Wildman–Crippen LogP) is 0.725. The number of rotatable bonds is 1. The van der Waals surface area contributed by atoms with Crippen molar-refractivity contribution in [1.29, 1.82) is 0 Å². The molecule has 0 spiro atoms. The molecule has 0 aromatic carbocycles. The van der Waals surface area contributed by atoms with Crippen molar-refractivity contribution in [3.05, 3.63) is 23.4 Å². The van der Waals surface area contributed by atoms with Crippen molar-refractivity contribution in [2.24, 2.45) is 0 Å². The van der Waals surface area contributed by atoms with E-state index in [0.717, 1.165) is 0 Å². The Kier molecular flexibility index (Phi) is 2.25. The van der Waals surface area contributed by atoms with Crippen molar-refractivity contribution in [3.63, 3.8) is 0 Å². The van der Waals surface area contributed by atoms with E-state index in [9.17, 15) is 4.79 Å². The first kappa shape index (κ1) is 8.48. The van der Waals surface area contributed by atoms with Crippen molar-refractivity contribution in [3.8, 4) is 5.88 Å². The number of nitrogens with zero attached hydrogens (tertiary/aromatic N) is 1. The highest BCUT2D eigenvalue weighted by Gasteiger charge is 2.13. The lowest BCUT2D eigenvalue weighted by Gasteiger charge is -1.99. The number of aromatic hydroxyl groups is 1. The number of aromatic nitrogens is 1. The fourth-order valence-electron chi connectivity index (χ4n) is 0.752. The predicted molar refractivity (Wildman–Crippen MR) is 38.7 cm³/mol. The number of hydrogen-bond donors (Lipinski definition) is 2. The van der Waals surface area contributed by atoms with Crippen LogP contribution in [-0.2, 0) is 4.89 Å². The minimum Gasteiger partial charge on any atom is -0.493 e. The lowest BCUT2D eigenvalue weighted by Crippen LogP contribution is -2.03. The fraction of sp³-hybridized carbons (Fsp3) is 0.143. The molecule has 0 saturated heterocycles. The Morgan fingerprint density at radius 3 is 2.75 bits per heavy atom. The summed E-state index contributed by atoms with van der Waals surface area (Å²) in [6.45, 7) is 1.66. The highest BCUT2D eigenvalue weighted by Crippen LogP contribution is 2.14. The molecule has 1 rings (SSSR count). The molecule has 0 unspecified atom stereocenters. The van der Waals surface area contributed by atoms with Gasteiger partial charge in [0.2, 0.25) is 5.88 Å². The highest BCUT2D eigenvalue weighted by atomic mass is 17.1. The van der Waals surface area contributed by atoms with Crippen LogP contribution in [0.2, 0.25) is 0 Å². The molecule has 0 saturated carbocycles. The molecule has 0 aliphatic rings. The molecule has 5 nitrogen and oxygen atoms in total. The molecular formula is C7H7NO4. The average molecular weight is 169 g/mol. The normalized spacial score (nSPS) is 9.50. The summed E-state index contributed by atoms with van der Waals surface area (Å²) in [5.74, 6) is -1.48. The Bertz CT molecular complexity index is 310. The standard InChI is InChI=1S/C7H7NO4/c1-4-2-3-5(6(9)8-4)7(10)12-11/h2-3,11H,1H3,(H,8,9). The lowest BCUT2D eigenvalue weighted by molar-refractivity contribution is -0.183. The SMILES string of the molecule is Cc1ccc(C(=O)OO)c(O)n1. The van der Waals surface area contributed by atoms with Gasteiger partial charge in [0.05, 0.1) is 0 Å². The van der Waals surface area contributed by atoms with E-state index in [1.165, 1.54) is 12.1 Å². The Morgan fingerprint density at radius 2 is 2.25 bits per heavy atom. The first-order valence-corrected chi connectivity index (χ1v) is 3.17. The van der Waals surface area contributed by atoms with Crippen LogP contribution in [-0.4, -0.2) is 21.3 Å². The summed E-state index contributed by atoms with van der Waals surface area (Å²) in [7, 11) is 0. The molecule has 0 amide bonds. The summed E-state index contributed by atoms with van der Waals surface area (Å²) < 4.78 is 0. The van der Waals surface area contributed by atoms with E-state index >= 15 is 0 Å². The summed E-state index contributed by atoms with van der Waals surface area (Å²) in [5.41, 5.74) is 0.407. The molecule has 12 heavy (non-hydrogen) atoms. The molecular weight excluding hydrogens is 162 g/mol. The monoisotopic (exact) mass is 169 g/mol. The van der Waals surface area contributed by atoms with Crippen molar-refractivity contribution < 1.29 is 20.0 Å². The largest absolute Gasteiger partial charge is 0.493 e. The molecule has 1 heterocycles. The Labute approximate surface area is 68.2 Å². The first-order chi connectivity index (χ1) is 5.65. The molecule has 64 valence electrons. The third kappa shape index (κ3) is 1.51. The lowest BCUT2D eigenvalue weighted by atomic mass is 10.2. The zero-order valence-electron chi connectivity index (χ0n) is 6.31. The second-order valence-electron chi connectivity index (χ2n) is 2.20. The minimum absolute atomic E-state index is 0.164. The van der Waals surface area contributed by atoms with Crippen LogP contribution >= 0.6 is 0 Å². The summed E-state index contributed by atoms with van der Waals surface area (Å²) in [6.07, 6.45) is 0. The third-order valence-corrected chi connectivity index (χ3v) is 1.32. The van der Waals surface area contributed by atoms with E-state index in [1.54, 1.807) is 6.92 Å². The molecule has 0 fully saturated rings. The fourth-order valence-corrected chi connectivity index (χ4v) is 0.752. The van der Waals surface area contributed by atoms with Crippen LogP contribution in [0.4, 0.5) is 0 Å². The smallest absolute Gasteiger partial charge is 0.378 e. The molecule has 2 N–H and O–H groups in total. The topological polar surface area (TPSA) is 79.7 Å². The van der Waals surface area contributed by atoms with Gasteiger partial charge in [-0.05, 0) is 19.1 Å². The van der Waals surface area contributed by atoms with Gasteiger partial charge in [0.25, 0.3) is 0 Å². The third-order valence-electron chi connectivity index (χ3n) is 1.32. The molecule has 0 radical (unpaired) electrons. The van der Waals surface area contributed by atoms with Crippen LogP contribution in [0.5, 0.6) is 5.88 Å². The Morgan fingerprint density at radius 1 is 1.58 bits per heavy atom. The van der Waals surface area contributed by atoms with Gasteiger partial charge in [-0.25, -0.2) is 9.78 Å². The van der Waals surface area contributed by atoms with Crippen molar-refractivity contribution in [1.82, 2.24) is 4.98 Å². The number of carbonyl (C=O) groups excluding carboxylic acids is 1. The van der Waals surface area contributed by atoms with Gasteiger partial charge in [-0.2, -0.15) is 5.26 Å². The maximum atomic E-state index is 10.7. The van der Waals surface area contributed by atoms with E-state index in [2.05, 4.69) is 9.87 Å². The van der Waals surface area contributed by atoms with E-state index in [1.807, 2.05) is 0 Å². The zero-order valence-corrected chi connectivity index (χ0v) is 6.31. The number of pyridine rings is 1. The maximum Gasteiger partial charge on any atom is 0.378 e. The Hall–Kier alpha value is -1.62. The molecule has 0 aliphatic heterocycles. The van der Waals surface area contributed by atoms with E-state index in [4.69, 9.17) is 10.4 Å². The van der Waals surface area contributed by atoms with E-state index < -0.39 is 11.8 Å². The summed E-state index contributed by atoms with van der Waals surface area (Å²) in [6, 6.07) is 2.84. The van der Waals surface area contributed by atoms with Crippen LogP contribution in [0.1, 0.15) is 16.1 Å². The number of aryl methyl sites for hydroxylation is 1. The van der Waals surface area contributed by atoms with E-state index in [-0.39, 0.29) is 5.56 Å². The van der Waals surface area contributed by atoms with Crippen LogP contribution in [0.25, 0.3) is 0 Å². The molecule has 0 aliphatic carbocycles. The molecule has 1 aromatic heterocycles. The number of hydrogen-bond acceptors (Lipinski definition) is 5. The number of carbonyl (C=O) groups is 1. The molecule has 5 heteroatoms. The van der Waals surface area contributed by atoms with Gasteiger partial charge in [-0.3, -0.25) is 4.89 Å². The molecule has 1 aromatic rings. The maximum absolute atomic E-state index is 10.7. The van der Waals surface area contributed by atoms with Crippen LogP contribution in [0.15, 0.2) is 12.1 Å². The first-order valence-electron chi connectivity index (χ1n) is 3.17. The van der Waals surface area contributed by atoms with Gasteiger partial charge in [-0.15, -0.1) is 0 Å². The van der Waals surface area contributed by atoms with Gasteiger partial charge >= 0.3 is 5.97 Å². The second-order valence-corrected chi connectivity index (χ2v) is 2.20. The van der Waals surface area contributed by atoms with Crippen molar-refractivity contribution in [2.45, 2.75) is 6.92 Å². The summed E-state index contributed by atoms with van der Waals surface area (Å²) in [5, 5.41) is 17.1. The highest BCUT2D eigenvalue weighted by molar-refractivity contribution is 5.91. The minimum atomic E-state index is -1.03. The molecule has 0 bridgehead atoms. The second kappa shape index (κ2) is 3.19. The van der Waals surface area contributed by atoms with E-state index in [0.29, 0.717) is 5.69 Å². The van der Waals surface area contributed by atoms with Crippen LogP contribution in [0.3, 0.4) is 0 Å². The van der Waals surface area contributed by atoms with Gasteiger partial charge in [0, 0.05) is 5.69 Å². The Balaban J connectivity index is 3.09. The molecule has 0 atom stereocenters. The average Bonchev–Trinajstić information content (AvgIpc) is 2.03. The summed E-state index contributed by atoms with van der Waals surface area (Å²) >= 11 is 0. The van der Waals surface area contributed by atoms with Crippen LogP contribution in [0, 0.1) is 6.92 Å². The van der Waals surface area contributed by atoms with Gasteiger partial charge in [0.15, 0.2) is 0 Å². The zero-order chi connectivity index (χ0) is 9.14. The van der Waals surface area contributed by atoms with Gasteiger partial charge < -0.3 is 5.11 Å². The summed E-state index contributed by atoms with van der Waals surface area (Å²) in [4.78, 5) is 17.7. The van der Waals surface area contributed by atoms with Crippen molar-refractivity contribution >= 4 is 5.97 Å². The van der Waals surface area contributed by atoms with Gasteiger partial charge in [0.1, 0.15) is 5.56 Å². The quantitative estimate of drug-likeness (QED) is 0.478. The van der Waals surface area contributed by atoms with Crippen LogP contribution < -0.4 is 0 Å².